The first-order valence-electron chi connectivity index (χ1n) is 11.8. The molecule has 3 aliphatic rings. The maximum Gasteiger partial charge on any atom is 0.344 e. The van der Waals surface area contributed by atoms with E-state index in [-0.39, 0.29) is 36.1 Å². The van der Waals surface area contributed by atoms with Gasteiger partial charge in [0, 0.05) is 22.6 Å². The molecule has 0 N–H and O–H groups in total. The molecule has 0 saturated carbocycles. The second-order valence-corrected chi connectivity index (χ2v) is 11.2. The van der Waals surface area contributed by atoms with E-state index in [1.807, 2.05) is 72.8 Å². The molecule has 3 aliphatic heterocycles. The van der Waals surface area contributed by atoms with Crippen LogP contribution in [0.3, 0.4) is 0 Å². The van der Waals surface area contributed by atoms with E-state index in [2.05, 4.69) is 0 Å². The number of esters is 2. The highest BCUT2D eigenvalue weighted by atomic mass is 32.2. The van der Waals surface area contributed by atoms with Crippen molar-refractivity contribution in [3.63, 3.8) is 0 Å². The van der Waals surface area contributed by atoms with Crippen LogP contribution in [0.1, 0.15) is 6.42 Å². The van der Waals surface area contributed by atoms with Gasteiger partial charge < -0.3 is 18.9 Å². The Bertz CT molecular complexity index is 1530. The molecule has 4 aromatic rings. The SMILES string of the molecule is O=C(COc1ccc(-[s+]2c3ccccc3c(=O)c3ccccc32)cc1)OC1C2CC3C(=O)OC1C3O2. The summed E-state index contributed by atoms with van der Waals surface area (Å²) in [4.78, 5) is 38.4. The lowest BCUT2D eigenvalue weighted by Gasteiger charge is -2.22. The maximum atomic E-state index is 13.0. The van der Waals surface area contributed by atoms with Crippen LogP contribution in [0.2, 0.25) is 0 Å². The second kappa shape index (κ2) is 8.15. The number of fused-ring (bicyclic) bond motifs is 3. The predicted molar refractivity (Wildman–Crippen MR) is 134 cm³/mol. The average Bonchev–Trinajstić information content (AvgIpc) is 3.54. The highest BCUT2D eigenvalue weighted by Crippen LogP contribution is 2.47. The largest absolute Gasteiger partial charge is 0.482 e. The van der Waals surface area contributed by atoms with Gasteiger partial charge in [0.05, 0.1) is 22.8 Å². The normalized spacial score (nSPS) is 25.9. The summed E-state index contributed by atoms with van der Waals surface area (Å²) < 4.78 is 24.3. The van der Waals surface area contributed by atoms with E-state index in [0.29, 0.717) is 12.2 Å². The number of ether oxygens (including phenoxy) is 4. The van der Waals surface area contributed by atoms with Crippen molar-refractivity contribution in [1.29, 1.82) is 0 Å². The number of hydrogen-bond acceptors (Lipinski definition) is 7. The highest BCUT2D eigenvalue weighted by molar-refractivity contribution is 7.49. The number of rotatable bonds is 5. The van der Waals surface area contributed by atoms with Gasteiger partial charge in [-0.05, 0) is 42.8 Å². The Morgan fingerprint density at radius 3 is 2.25 bits per heavy atom. The van der Waals surface area contributed by atoms with Crippen LogP contribution >= 0.6 is 10.5 Å². The third-order valence-electron chi connectivity index (χ3n) is 7.17. The molecular weight excluding hydrogens is 480 g/mol. The van der Waals surface area contributed by atoms with E-state index in [0.717, 1.165) is 25.1 Å². The molecule has 3 saturated heterocycles. The molecule has 7 nitrogen and oxygen atoms in total. The van der Waals surface area contributed by atoms with Crippen molar-refractivity contribution < 1.29 is 28.5 Å². The molecule has 5 unspecified atom stereocenters. The fraction of sp³-hybridized carbons (Fsp3) is 0.250. The molecule has 0 spiro atoms. The van der Waals surface area contributed by atoms with E-state index >= 15 is 0 Å². The monoisotopic (exact) mass is 501 g/mol. The van der Waals surface area contributed by atoms with Crippen molar-refractivity contribution in [2.24, 2.45) is 5.92 Å². The zero-order valence-corrected chi connectivity index (χ0v) is 19.8. The summed E-state index contributed by atoms with van der Waals surface area (Å²) >= 11 is 0. The number of hydrogen-bond donors (Lipinski definition) is 0. The Morgan fingerprint density at radius 2 is 1.56 bits per heavy atom. The molecule has 2 bridgehead atoms. The number of carbonyl (C=O) groups excluding carboxylic acids is 2. The lowest BCUT2D eigenvalue weighted by atomic mass is 9.88. The van der Waals surface area contributed by atoms with Gasteiger partial charge in [0.15, 0.2) is 33.1 Å². The van der Waals surface area contributed by atoms with Crippen LogP contribution in [0.25, 0.3) is 25.1 Å². The summed E-state index contributed by atoms with van der Waals surface area (Å²) in [5, 5.41) is 1.46. The molecule has 7 rings (SSSR count). The van der Waals surface area contributed by atoms with Crippen LogP contribution in [0.15, 0.2) is 77.6 Å². The minimum Gasteiger partial charge on any atom is -0.482 e. The van der Waals surface area contributed by atoms with Crippen LogP contribution in [0.5, 0.6) is 5.75 Å². The van der Waals surface area contributed by atoms with Crippen LogP contribution in [0.4, 0.5) is 0 Å². The molecule has 3 fully saturated rings. The van der Waals surface area contributed by atoms with Gasteiger partial charge in [0.25, 0.3) is 0 Å². The Hall–Kier alpha value is -3.75. The van der Waals surface area contributed by atoms with Crippen LogP contribution in [0, 0.1) is 5.92 Å². The fourth-order valence-corrected chi connectivity index (χ4v) is 7.91. The molecule has 4 heterocycles. The maximum absolute atomic E-state index is 13.0. The average molecular weight is 502 g/mol. The molecule has 0 amide bonds. The molecule has 1 aromatic heterocycles. The van der Waals surface area contributed by atoms with Crippen LogP contribution in [-0.2, 0) is 23.8 Å². The van der Waals surface area contributed by atoms with Gasteiger partial charge >= 0.3 is 11.9 Å². The van der Waals surface area contributed by atoms with Crippen molar-refractivity contribution in [2.45, 2.75) is 30.8 Å². The lowest BCUT2D eigenvalue weighted by molar-refractivity contribution is -0.162. The summed E-state index contributed by atoms with van der Waals surface area (Å²) in [6, 6.07) is 23.0. The van der Waals surface area contributed by atoms with Gasteiger partial charge in [-0.2, -0.15) is 0 Å². The standard InChI is InChI=1S/C28H21O7S/c29-23(34-26-20-13-19-25(33-20)27(26)35-28(19)31)14-32-15-9-11-16(12-10-15)36-21-7-3-1-5-17(21)24(30)18-6-2-4-8-22(18)36/h1-12,19-20,25-27H,13-14H2/q+1. The molecule has 3 aromatic carbocycles. The van der Waals surface area contributed by atoms with Gasteiger partial charge in [0.1, 0.15) is 11.9 Å². The van der Waals surface area contributed by atoms with Gasteiger partial charge in [-0.3, -0.25) is 9.59 Å². The van der Waals surface area contributed by atoms with E-state index in [9.17, 15) is 14.4 Å². The van der Waals surface area contributed by atoms with Gasteiger partial charge in [0.2, 0.25) is 5.43 Å². The van der Waals surface area contributed by atoms with E-state index in [1.54, 1.807) is 0 Å². The van der Waals surface area contributed by atoms with Crippen molar-refractivity contribution >= 4 is 42.6 Å². The minimum absolute atomic E-state index is 0.0483. The first-order valence-corrected chi connectivity index (χ1v) is 13.1. The first-order chi connectivity index (χ1) is 17.6. The van der Waals surface area contributed by atoms with Crippen molar-refractivity contribution in [1.82, 2.24) is 0 Å². The molecule has 5 atom stereocenters. The summed E-state index contributed by atoms with van der Waals surface area (Å²) in [7, 11) is -0.431. The van der Waals surface area contributed by atoms with Gasteiger partial charge in [-0.25, -0.2) is 4.79 Å². The quantitative estimate of drug-likeness (QED) is 0.231. The van der Waals surface area contributed by atoms with Gasteiger partial charge in [-0.15, -0.1) is 0 Å². The second-order valence-electron chi connectivity index (χ2n) is 9.23. The topological polar surface area (TPSA) is 88.1 Å². The van der Waals surface area contributed by atoms with Crippen LogP contribution in [-0.4, -0.2) is 43.0 Å². The summed E-state index contributed by atoms with van der Waals surface area (Å²) in [6.07, 6.45) is -1.17. The summed E-state index contributed by atoms with van der Waals surface area (Å²) in [5.74, 6) is -0.497. The fourth-order valence-electron chi connectivity index (χ4n) is 5.56. The molecule has 8 heteroatoms. The Morgan fingerprint density at radius 1 is 0.889 bits per heavy atom. The molecular formula is C28H21O7S+. The highest BCUT2D eigenvalue weighted by Gasteiger charge is 2.65. The molecule has 36 heavy (non-hydrogen) atoms. The van der Waals surface area contributed by atoms with E-state index in [1.165, 1.54) is 0 Å². The summed E-state index contributed by atoms with van der Waals surface area (Å²) in [5.41, 5.74) is 0.0483. The number of carbonyl (C=O) groups is 2. The van der Waals surface area contributed by atoms with Crippen molar-refractivity contribution in [3.05, 3.63) is 83.0 Å². The van der Waals surface area contributed by atoms with E-state index < -0.39 is 28.6 Å². The molecule has 0 radical (unpaired) electrons. The lowest BCUT2D eigenvalue weighted by Crippen LogP contribution is -2.40. The summed E-state index contributed by atoms with van der Waals surface area (Å²) in [6.45, 7) is -0.261. The predicted octanol–water partition coefficient (Wildman–Crippen LogP) is 4.09. The third-order valence-corrected chi connectivity index (χ3v) is 9.51. The zero-order valence-electron chi connectivity index (χ0n) is 19.0. The van der Waals surface area contributed by atoms with Crippen molar-refractivity contribution in [2.75, 3.05) is 6.61 Å². The van der Waals surface area contributed by atoms with E-state index in [4.69, 9.17) is 18.9 Å². The molecule has 0 aliphatic carbocycles. The zero-order chi connectivity index (χ0) is 24.4. The minimum atomic E-state index is -0.577. The van der Waals surface area contributed by atoms with Gasteiger partial charge in [-0.1, -0.05) is 24.3 Å². The van der Waals surface area contributed by atoms with Crippen LogP contribution < -0.4 is 10.2 Å². The van der Waals surface area contributed by atoms with Crippen molar-refractivity contribution in [3.8, 4) is 10.6 Å². The third kappa shape index (κ3) is 3.25. The Kier molecular flexibility index (Phi) is 4.87. The smallest absolute Gasteiger partial charge is 0.344 e. The Balaban J connectivity index is 1.10. The first kappa shape index (κ1) is 21.5. The Labute approximate surface area is 208 Å². The molecule has 180 valence electrons. The number of benzene rings is 3.